The molecule has 1 saturated heterocycles. The first kappa shape index (κ1) is 19.2. The number of anilines is 1. The third-order valence-electron chi connectivity index (χ3n) is 5.49. The van der Waals surface area contributed by atoms with Gasteiger partial charge in [-0.05, 0) is 36.8 Å². The van der Waals surface area contributed by atoms with E-state index < -0.39 is 0 Å². The Morgan fingerprint density at radius 1 is 1.06 bits per heavy atom. The second-order valence-electron chi connectivity index (χ2n) is 7.71. The molecule has 4 N–H and O–H groups in total. The normalized spacial score (nSPS) is 14.2. The highest BCUT2D eigenvalue weighted by atomic mass is 16.2. The molecule has 2 aromatic carbocycles. The van der Waals surface area contributed by atoms with Crippen molar-refractivity contribution >= 4 is 22.8 Å². The summed E-state index contributed by atoms with van der Waals surface area (Å²) in [5.41, 5.74) is 11.7. The van der Waals surface area contributed by atoms with Crippen molar-refractivity contribution < 1.29 is 4.79 Å². The van der Waals surface area contributed by atoms with Crippen molar-refractivity contribution in [3.05, 3.63) is 59.8 Å². The van der Waals surface area contributed by atoms with Crippen LogP contribution in [0.3, 0.4) is 0 Å². The Labute approximate surface area is 179 Å². The maximum atomic E-state index is 12.7. The summed E-state index contributed by atoms with van der Waals surface area (Å²) in [6.07, 6.45) is 1.64. The van der Waals surface area contributed by atoms with E-state index >= 15 is 0 Å². The second kappa shape index (κ2) is 7.81. The van der Waals surface area contributed by atoms with Crippen molar-refractivity contribution in [2.45, 2.75) is 6.92 Å². The van der Waals surface area contributed by atoms with Crippen molar-refractivity contribution in [3.8, 4) is 22.8 Å². The van der Waals surface area contributed by atoms with Gasteiger partial charge in [0.1, 0.15) is 5.69 Å². The van der Waals surface area contributed by atoms with Gasteiger partial charge in [-0.1, -0.05) is 18.2 Å². The standard InChI is InChI=1S/C23H23N7O/c1-14-2-7-17-18(12-14)29-22(28-17)20-21(24)26-13-19(27-20)15-3-5-16(6-4-15)23(31)30-10-8-25-9-11-30/h2-7,12-13,25H,8-11H2,1H3,(H2,24,26)(H,28,29). The van der Waals surface area contributed by atoms with E-state index in [2.05, 4.69) is 20.3 Å². The molecule has 156 valence electrons. The largest absolute Gasteiger partial charge is 0.382 e. The molecule has 0 bridgehead atoms. The summed E-state index contributed by atoms with van der Waals surface area (Å²) < 4.78 is 0. The Kier molecular flexibility index (Phi) is 4.83. The van der Waals surface area contributed by atoms with E-state index in [0.29, 0.717) is 28.6 Å². The monoisotopic (exact) mass is 413 g/mol. The van der Waals surface area contributed by atoms with Crippen molar-refractivity contribution in [1.82, 2.24) is 30.2 Å². The smallest absolute Gasteiger partial charge is 0.253 e. The fourth-order valence-corrected chi connectivity index (χ4v) is 3.78. The van der Waals surface area contributed by atoms with Crippen LogP contribution in [0.5, 0.6) is 0 Å². The Morgan fingerprint density at radius 2 is 1.84 bits per heavy atom. The number of aromatic nitrogens is 4. The molecule has 1 amide bonds. The van der Waals surface area contributed by atoms with Gasteiger partial charge in [0, 0.05) is 37.3 Å². The highest BCUT2D eigenvalue weighted by Gasteiger charge is 2.18. The summed E-state index contributed by atoms with van der Waals surface area (Å²) in [4.78, 5) is 31.5. The van der Waals surface area contributed by atoms with Crippen LogP contribution in [-0.2, 0) is 0 Å². The number of aryl methyl sites for hydroxylation is 1. The number of aromatic amines is 1. The number of amides is 1. The molecule has 1 fully saturated rings. The number of carbonyl (C=O) groups is 1. The molecule has 5 rings (SSSR count). The summed E-state index contributed by atoms with van der Waals surface area (Å²) in [6, 6.07) is 13.5. The van der Waals surface area contributed by atoms with Gasteiger partial charge in [-0.15, -0.1) is 0 Å². The lowest BCUT2D eigenvalue weighted by molar-refractivity contribution is 0.0736. The van der Waals surface area contributed by atoms with E-state index in [1.54, 1.807) is 6.20 Å². The van der Waals surface area contributed by atoms with Crippen molar-refractivity contribution in [3.63, 3.8) is 0 Å². The van der Waals surface area contributed by atoms with Crippen molar-refractivity contribution in [2.75, 3.05) is 31.9 Å². The molecular formula is C23H23N7O. The van der Waals surface area contributed by atoms with Crippen LogP contribution in [0.15, 0.2) is 48.7 Å². The van der Waals surface area contributed by atoms with Crippen LogP contribution in [0, 0.1) is 6.92 Å². The molecule has 0 radical (unpaired) electrons. The second-order valence-corrected chi connectivity index (χ2v) is 7.71. The summed E-state index contributed by atoms with van der Waals surface area (Å²) in [7, 11) is 0. The number of piperazine rings is 1. The third kappa shape index (κ3) is 3.73. The molecule has 8 nitrogen and oxygen atoms in total. The third-order valence-corrected chi connectivity index (χ3v) is 5.49. The number of H-pyrrole nitrogens is 1. The van der Waals surface area contributed by atoms with Crippen LogP contribution >= 0.6 is 0 Å². The van der Waals surface area contributed by atoms with Gasteiger partial charge in [-0.25, -0.2) is 15.0 Å². The quantitative estimate of drug-likeness (QED) is 0.476. The summed E-state index contributed by atoms with van der Waals surface area (Å²) in [5.74, 6) is 0.942. The minimum absolute atomic E-state index is 0.0506. The molecule has 0 atom stereocenters. The van der Waals surface area contributed by atoms with Crippen molar-refractivity contribution in [1.29, 1.82) is 0 Å². The first-order chi connectivity index (χ1) is 15.1. The number of carbonyl (C=O) groups excluding carboxylic acids is 1. The maximum absolute atomic E-state index is 12.7. The number of benzene rings is 2. The van der Waals surface area contributed by atoms with E-state index in [1.165, 1.54) is 0 Å². The Bertz CT molecular complexity index is 1260. The van der Waals surface area contributed by atoms with Gasteiger partial charge in [0.25, 0.3) is 5.91 Å². The molecule has 1 aliphatic heterocycles. The molecule has 31 heavy (non-hydrogen) atoms. The number of imidazole rings is 1. The van der Waals surface area contributed by atoms with E-state index in [1.807, 2.05) is 54.3 Å². The molecule has 8 heteroatoms. The molecule has 0 unspecified atom stereocenters. The van der Waals surface area contributed by atoms with Crippen LogP contribution < -0.4 is 11.1 Å². The number of fused-ring (bicyclic) bond motifs is 1. The number of hydrogen-bond donors (Lipinski definition) is 3. The molecule has 0 spiro atoms. The lowest BCUT2D eigenvalue weighted by Gasteiger charge is -2.27. The number of hydrogen-bond acceptors (Lipinski definition) is 6. The van der Waals surface area contributed by atoms with Gasteiger partial charge < -0.3 is 20.9 Å². The minimum atomic E-state index is 0.0506. The highest BCUT2D eigenvalue weighted by Crippen LogP contribution is 2.26. The number of nitrogens with two attached hydrogens (primary N) is 1. The number of rotatable bonds is 3. The zero-order chi connectivity index (χ0) is 21.4. The van der Waals surface area contributed by atoms with Gasteiger partial charge >= 0.3 is 0 Å². The van der Waals surface area contributed by atoms with Crippen LogP contribution in [-0.4, -0.2) is 56.9 Å². The lowest BCUT2D eigenvalue weighted by atomic mass is 10.1. The first-order valence-corrected chi connectivity index (χ1v) is 10.3. The predicted octanol–water partition coefficient (Wildman–Crippen LogP) is 2.62. The molecule has 1 aliphatic rings. The number of nitrogens with zero attached hydrogens (tertiary/aromatic N) is 4. The number of nitrogen functional groups attached to an aromatic ring is 1. The predicted molar refractivity (Wildman–Crippen MR) is 120 cm³/mol. The zero-order valence-corrected chi connectivity index (χ0v) is 17.2. The Morgan fingerprint density at radius 3 is 2.61 bits per heavy atom. The van der Waals surface area contributed by atoms with E-state index in [4.69, 9.17) is 10.7 Å². The van der Waals surface area contributed by atoms with Crippen LogP contribution in [0.4, 0.5) is 5.82 Å². The fourth-order valence-electron chi connectivity index (χ4n) is 3.78. The van der Waals surface area contributed by atoms with Gasteiger partial charge in [-0.2, -0.15) is 0 Å². The molecule has 2 aromatic heterocycles. The average Bonchev–Trinajstić information content (AvgIpc) is 3.22. The van der Waals surface area contributed by atoms with Gasteiger partial charge in [0.15, 0.2) is 11.6 Å². The van der Waals surface area contributed by atoms with Gasteiger partial charge in [-0.3, -0.25) is 4.79 Å². The summed E-state index contributed by atoms with van der Waals surface area (Å²) in [5, 5.41) is 3.26. The van der Waals surface area contributed by atoms with Crippen LogP contribution in [0.2, 0.25) is 0 Å². The maximum Gasteiger partial charge on any atom is 0.253 e. The fraction of sp³-hybridized carbons (Fsp3) is 0.217. The summed E-state index contributed by atoms with van der Waals surface area (Å²) >= 11 is 0. The van der Waals surface area contributed by atoms with Gasteiger partial charge in [0.05, 0.1) is 22.9 Å². The van der Waals surface area contributed by atoms with E-state index in [9.17, 15) is 4.79 Å². The molecule has 0 aliphatic carbocycles. The first-order valence-electron chi connectivity index (χ1n) is 10.3. The van der Waals surface area contributed by atoms with E-state index in [-0.39, 0.29) is 5.91 Å². The topological polar surface area (TPSA) is 113 Å². The van der Waals surface area contributed by atoms with Crippen LogP contribution in [0.25, 0.3) is 33.8 Å². The number of nitrogens with one attached hydrogen (secondary N) is 2. The van der Waals surface area contributed by atoms with E-state index in [0.717, 1.165) is 48.3 Å². The van der Waals surface area contributed by atoms with Crippen molar-refractivity contribution in [2.24, 2.45) is 0 Å². The SMILES string of the molecule is Cc1ccc2nc(-c3nc(-c4ccc(C(=O)N5CCNCC5)cc4)cnc3N)[nH]c2c1. The van der Waals surface area contributed by atoms with Gasteiger partial charge in [0.2, 0.25) is 0 Å². The molecule has 3 heterocycles. The summed E-state index contributed by atoms with van der Waals surface area (Å²) in [6.45, 7) is 5.14. The average molecular weight is 413 g/mol. The molecule has 4 aromatic rings. The zero-order valence-electron chi connectivity index (χ0n) is 17.2. The molecular weight excluding hydrogens is 390 g/mol. The Hall–Kier alpha value is -3.78. The minimum Gasteiger partial charge on any atom is -0.382 e. The van der Waals surface area contributed by atoms with Crippen LogP contribution in [0.1, 0.15) is 15.9 Å². The highest BCUT2D eigenvalue weighted by molar-refractivity contribution is 5.94. The Balaban J connectivity index is 1.44. The lowest BCUT2D eigenvalue weighted by Crippen LogP contribution is -2.46. The molecule has 0 saturated carbocycles.